The second-order valence-corrected chi connectivity index (χ2v) is 13.9. The zero-order chi connectivity index (χ0) is 24.3. The molecule has 0 atom stereocenters. The minimum atomic E-state index is -0.750. The van der Waals surface area contributed by atoms with E-state index < -0.39 is 5.60 Å². The first-order valence-electron chi connectivity index (χ1n) is 8.50. The number of allylic oxidation sites excluding steroid dienone is 2. The van der Waals surface area contributed by atoms with Crippen molar-refractivity contribution < 1.29 is 61.3 Å². The van der Waals surface area contributed by atoms with Crippen LogP contribution in [0, 0.1) is 0 Å². The summed E-state index contributed by atoms with van der Waals surface area (Å²) >= 11 is 17.5. The Morgan fingerprint density at radius 1 is 0.759 bits per heavy atom. The van der Waals surface area contributed by atoms with Crippen LogP contribution in [0.5, 0.6) is 0 Å². The number of hydrogen-bond acceptors (Lipinski definition) is 6. The number of carbonyl (C=O) groups is 1. The molecule has 0 spiro atoms. The molecule has 0 N–H and O–H groups in total. The predicted molar refractivity (Wildman–Crippen MR) is 155 cm³/mol. The van der Waals surface area contributed by atoms with Crippen LogP contribution in [0.3, 0.4) is 0 Å². The van der Waals surface area contributed by atoms with Gasteiger partial charge in [0.2, 0.25) is 0 Å². The monoisotopic (exact) mass is 602 g/mol. The van der Waals surface area contributed by atoms with Gasteiger partial charge in [-0.2, -0.15) is 0 Å². The summed E-state index contributed by atoms with van der Waals surface area (Å²) in [5.41, 5.74) is -0.750. The first kappa shape index (κ1) is 53.4. The average molecular weight is 603 g/mol. The third-order valence-corrected chi connectivity index (χ3v) is 7.58. The molecular weight excluding hydrogens is 564 g/mol. The molecule has 0 aromatic carbocycles. The maximum atomic E-state index is 10.1. The van der Waals surface area contributed by atoms with Crippen LogP contribution in [0.25, 0.3) is 0 Å². The van der Waals surface area contributed by atoms with Crippen molar-refractivity contribution >= 4 is 95.4 Å². The van der Waals surface area contributed by atoms with Crippen LogP contribution in [-0.4, -0.2) is 11.9 Å². The van der Waals surface area contributed by atoms with Gasteiger partial charge in [0, 0.05) is 89.2 Å². The molecule has 0 aromatic rings. The van der Waals surface area contributed by atoms with Gasteiger partial charge in [-0.1, -0.05) is 79.9 Å². The molecule has 29 heavy (non-hydrogen) atoms. The van der Waals surface area contributed by atoms with Crippen LogP contribution in [0.1, 0.15) is 88.5 Å². The molecule has 2 nitrogen and oxygen atoms in total. The Labute approximate surface area is 258 Å². The van der Waals surface area contributed by atoms with Gasteiger partial charge in [0.1, 0.15) is 6.29 Å². The van der Waals surface area contributed by atoms with Gasteiger partial charge in [0.25, 0.3) is 0 Å². The van der Waals surface area contributed by atoms with Gasteiger partial charge in [-0.3, -0.25) is 0 Å². The zero-order valence-corrected chi connectivity index (χ0v) is 30.3. The van der Waals surface area contributed by atoms with E-state index in [9.17, 15) is 5.11 Å². The molecule has 0 aliphatic carbocycles. The van der Waals surface area contributed by atoms with E-state index in [2.05, 4.69) is 72.4 Å². The Bertz CT molecular complexity index is 432. The van der Waals surface area contributed by atoms with Crippen molar-refractivity contribution in [2.45, 2.75) is 94.1 Å². The molecular formula is C17H39KO2S9. The van der Waals surface area contributed by atoms with E-state index in [1.54, 1.807) is 20.8 Å². The average Bonchev–Trinajstić information content (AvgIpc) is 2.63. The summed E-state index contributed by atoms with van der Waals surface area (Å²) in [5.74, 6) is 0. The molecule has 12 heteroatoms. The van der Waals surface area contributed by atoms with Crippen molar-refractivity contribution in [1.29, 1.82) is 0 Å². The normalized spacial score (nSPS) is 7.14. The van der Waals surface area contributed by atoms with Gasteiger partial charge < -0.3 is 9.90 Å². The van der Waals surface area contributed by atoms with E-state index in [0.717, 1.165) is 6.29 Å². The topological polar surface area (TPSA) is 40.1 Å². The summed E-state index contributed by atoms with van der Waals surface area (Å²) in [6, 6.07) is 0. The quantitative estimate of drug-likeness (QED) is 0.260. The van der Waals surface area contributed by atoms with Crippen LogP contribution >= 0.6 is 0 Å². The van der Waals surface area contributed by atoms with Gasteiger partial charge in [0.15, 0.2) is 0 Å². The van der Waals surface area contributed by atoms with E-state index in [1.807, 2.05) is 26.0 Å². The van der Waals surface area contributed by atoms with E-state index in [4.69, 9.17) is 4.79 Å². The van der Waals surface area contributed by atoms with Crippen LogP contribution in [0.2, 0.25) is 0 Å². The van der Waals surface area contributed by atoms with Gasteiger partial charge in [0.05, 0.1) is 0 Å². The summed E-state index contributed by atoms with van der Waals surface area (Å²) in [7, 11) is 6.29. The molecule has 0 unspecified atom stereocenters. The number of unbranched alkanes of at least 4 members (excludes halogenated alkanes) is 1. The molecule has 0 saturated heterocycles. The van der Waals surface area contributed by atoms with Gasteiger partial charge in [-0.25, -0.2) is 0 Å². The fourth-order valence-corrected chi connectivity index (χ4v) is 2.76. The molecule has 0 aromatic heterocycles. The van der Waals surface area contributed by atoms with Crippen LogP contribution in [0.15, 0.2) is 12.2 Å². The van der Waals surface area contributed by atoms with Crippen molar-refractivity contribution in [1.82, 2.24) is 0 Å². The molecule has 0 rings (SSSR count). The minimum absolute atomic E-state index is 0. The smallest absolute Gasteiger partial charge is 0.850 e. The molecule has 0 radical (unpaired) electrons. The number of carbonyl (C=O) groups excluding carboxylic acids is 1. The number of rotatable bonds is 1. The van der Waals surface area contributed by atoms with Crippen LogP contribution < -0.4 is 56.5 Å². The Hall–Kier alpha value is 2.99. The summed E-state index contributed by atoms with van der Waals surface area (Å²) in [4.78, 5) is 8.81. The SMILES string of the molecule is CC(C)(C)[O-].CC=CC.CC=O.CCC.CCCC.S=S=S=S.S=S=S=S=S.[K+]. The molecule has 0 heterocycles. The number of aldehydes is 1. The molecule has 0 aliphatic rings. The summed E-state index contributed by atoms with van der Waals surface area (Å²) < 4.78 is 0. The standard InChI is InChI=1S/C4H9O.C4H10.C4H8.C3H8.C2H4O.K.S5.S4/c1-4(2,3)5;2*1-3-4-2;1-3-2;1-2-3;;1-3-5-4-2;1-3-4-2/h1-3H3;3-4H2,1-2H3;3-4H,1-2H3;3H2,1-2H3;2H,1H3;;;/q-1;;;;;+1;;. The van der Waals surface area contributed by atoms with Crippen molar-refractivity contribution in [3.05, 3.63) is 12.2 Å². The summed E-state index contributed by atoms with van der Waals surface area (Å²) in [6.07, 6.45) is 8.64. The minimum Gasteiger partial charge on any atom is -0.850 e. The summed E-state index contributed by atoms with van der Waals surface area (Å²) in [6.45, 7) is 19.0. The molecule has 0 fully saturated rings. The molecule has 174 valence electrons. The maximum Gasteiger partial charge on any atom is 1.00 e. The van der Waals surface area contributed by atoms with Gasteiger partial charge in [-0.15, -0.1) is 5.60 Å². The second kappa shape index (κ2) is 69.8. The second-order valence-electron chi connectivity index (χ2n) is 5.06. The molecule has 0 amide bonds. The first-order chi connectivity index (χ1) is 13.0. The Balaban J connectivity index is -0.0000000297. The Kier molecular flexibility index (Phi) is 128. The maximum absolute atomic E-state index is 10.1. The van der Waals surface area contributed by atoms with Gasteiger partial charge >= 0.3 is 51.4 Å². The Morgan fingerprint density at radius 2 is 0.931 bits per heavy atom. The van der Waals surface area contributed by atoms with Crippen LogP contribution in [-0.2, 0) is 93.9 Å². The van der Waals surface area contributed by atoms with Crippen molar-refractivity contribution in [2.24, 2.45) is 0 Å². The van der Waals surface area contributed by atoms with E-state index >= 15 is 0 Å². The first-order valence-corrected chi connectivity index (χ1v) is 17.8. The number of hydrogen-bond donors (Lipinski definition) is 0. The third-order valence-electron chi connectivity index (χ3n) is 0.917. The van der Waals surface area contributed by atoms with Crippen molar-refractivity contribution in [3.63, 3.8) is 0 Å². The fraction of sp³-hybridized carbons (Fsp3) is 0.824. The molecule has 0 bridgehead atoms. The van der Waals surface area contributed by atoms with Crippen molar-refractivity contribution in [3.8, 4) is 0 Å². The van der Waals surface area contributed by atoms with Crippen LogP contribution in [0.4, 0.5) is 0 Å². The van der Waals surface area contributed by atoms with E-state index in [1.165, 1.54) is 70.6 Å². The third kappa shape index (κ3) is 408. The Morgan fingerprint density at radius 3 is 0.931 bits per heavy atom. The zero-order valence-electron chi connectivity index (χ0n) is 19.8. The van der Waals surface area contributed by atoms with E-state index in [-0.39, 0.29) is 51.4 Å². The summed E-state index contributed by atoms with van der Waals surface area (Å²) in [5, 5.41) is 10.1. The largest absolute Gasteiger partial charge is 1.00 e. The predicted octanol–water partition coefficient (Wildman–Crippen LogP) is 2.14. The van der Waals surface area contributed by atoms with E-state index in [0.29, 0.717) is 0 Å². The fourth-order valence-electron chi connectivity index (χ4n) is 0.0113. The van der Waals surface area contributed by atoms with Gasteiger partial charge in [-0.05, 0) is 20.8 Å². The molecule has 0 saturated carbocycles. The molecule has 0 aliphatic heterocycles. The van der Waals surface area contributed by atoms with Crippen molar-refractivity contribution in [2.75, 3.05) is 0 Å².